The van der Waals surface area contributed by atoms with Crippen LogP contribution in [0, 0.1) is 0 Å². The smallest absolute Gasteiger partial charge is 0.257 e. The van der Waals surface area contributed by atoms with Gasteiger partial charge in [-0.3, -0.25) is 14.8 Å². The van der Waals surface area contributed by atoms with E-state index in [1.165, 1.54) is 0 Å². The minimum absolute atomic E-state index is 0.0418. The Balaban J connectivity index is 1.80. The number of aliphatic hydroxyl groups excluding tert-OH is 1. The number of nitrogens with zero attached hydrogens (tertiary/aromatic N) is 3. The molecule has 1 aliphatic heterocycles. The number of β-amino-alcohol motifs (C(OH)–C–C–N with tert-alkyl or cyclic N) is 1. The second kappa shape index (κ2) is 8.26. The van der Waals surface area contributed by atoms with Crippen LogP contribution in [-0.4, -0.2) is 83.1 Å². The Hall–Kier alpha value is -1.44. The standard InChI is InChI=1S/C15H26N4O3/c1-3-14-13(9-16-17-14)15(21)19-7-5-18(6-8-19)10-12(20)11-22-4-2/h9,12,20H,3-8,10-11H2,1-2H3,(H,16,17)/t12-/m1/s1. The van der Waals surface area contributed by atoms with Crippen LogP contribution in [0.25, 0.3) is 0 Å². The molecule has 22 heavy (non-hydrogen) atoms. The maximum atomic E-state index is 12.5. The number of aliphatic hydroxyl groups is 1. The number of nitrogens with one attached hydrogen (secondary N) is 1. The van der Waals surface area contributed by atoms with Crippen LogP contribution in [0.4, 0.5) is 0 Å². The number of carbonyl (C=O) groups is 1. The average molecular weight is 310 g/mol. The topological polar surface area (TPSA) is 81.7 Å². The average Bonchev–Trinajstić information content (AvgIpc) is 3.01. The highest BCUT2D eigenvalue weighted by molar-refractivity contribution is 5.95. The lowest BCUT2D eigenvalue weighted by molar-refractivity contribution is 0.0111. The second-order valence-electron chi connectivity index (χ2n) is 5.52. The zero-order chi connectivity index (χ0) is 15.9. The van der Waals surface area contributed by atoms with E-state index in [2.05, 4.69) is 15.1 Å². The summed E-state index contributed by atoms with van der Waals surface area (Å²) in [6.07, 6.45) is 1.91. The van der Waals surface area contributed by atoms with Gasteiger partial charge in [0.25, 0.3) is 5.91 Å². The summed E-state index contributed by atoms with van der Waals surface area (Å²) in [5.74, 6) is 0.0418. The molecule has 1 atom stereocenters. The summed E-state index contributed by atoms with van der Waals surface area (Å²) in [6, 6.07) is 0. The van der Waals surface area contributed by atoms with Crippen LogP contribution >= 0.6 is 0 Å². The Morgan fingerprint density at radius 3 is 2.77 bits per heavy atom. The molecule has 0 bridgehead atoms. The molecule has 2 heterocycles. The lowest BCUT2D eigenvalue weighted by atomic mass is 10.1. The summed E-state index contributed by atoms with van der Waals surface area (Å²) in [7, 11) is 0. The second-order valence-corrected chi connectivity index (χ2v) is 5.52. The van der Waals surface area contributed by atoms with Crippen molar-refractivity contribution in [3.8, 4) is 0 Å². The number of piperazine rings is 1. The number of hydrogen-bond donors (Lipinski definition) is 2. The predicted octanol–water partition coefficient (Wildman–Crippen LogP) is 0.127. The maximum Gasteiger partial charge on any atom is 0.257 e. The van der Waals surface area contributed by atoms with Gasteiger partial charge in [0.05, 0.1) is 24.5 Å². The molecule has 1 fully saturated rings. The van der Waals surface area contributed by atoms with Crippen LogP contribution in [0.2, 0.25) is 0 Å². The molecule has 1 aliphatic rings. The molecule has 124 valence electrons. The van der Waals surface area contributed by atoms with Crippen molar-refractivity contribution in [3.05, 3.63) is 17.5 Å². The van der Waals surface area contributed by atoms with E-state index in [1.807, 2.05) is 18.7 Å². The van der Waals surface area contributed by atoms with Crippen molar-refractivity contribution in [2.45, 2.75) is 26.4 Å². The Labute approximate surface area is 131 Å². The van der Waals surface area contributed by atoms with Gasteiger partial charge in [-0.15, -0.1) is 0 Å². The van der Waals surface area contributed by atoms with Gasteiger partial charge in [-0.05, 0) is 13.3 Å². The molecule has 0 spiro atoms. The van der Waals surface area contributed by atoms with Gasteiger partial charge in [0, 0.05) is 45.0 Å². The number of carbonyl (C=O) groups excluding carboxylic acids is 1. The number of hydrogen-bond acceptors (Lipinski definition) is 5. The highest BCUT2D eigenvalue weighted by Gasteiger charge is 2.25. The maximum absolute atomic E-state index is 12.5. The van der Waals surface area contributed by atoms with Crippen molar-refractivity contribution in [2.75, 3.05) is 45.9 Å². The van der Waals surface area contributed by atoms with Gasteiger partial charge in [0.1, 0.15) is 0 Å². The van der Waals surface area contributed by atoms with E-state index in [0.29, 0.717) is 38.4 Å². The summed E-state index contributed by atoms with van der Waals surface area (Å²) in [6.45, 7) is 8.38. The van der Waals surface area contributed by atoms with Crippen LogP contribution in [0.1, 0.15) is 29.9 Å². The molecular weight excluding hydrogens is 284 g/mol. The lowest BCUT2D eigenvalue weighted by Gasteiger charge is -2.35. The predicted molar refractivity (Wildman–Crippen MR) is 82.8 cm³/mol. The van der Waals surface area contributed by atoms with E-state index >= 15 is 0 Å². The number of rotatable bonds is 7. The number of ether oxygens (including phenoxy) is 1. The molecule has 1 aromatic rings. The third-order valence-electron chi connectivity index (χ3n) is 3.95. The van der Waals surface area contributed by atoms with Crippen molar-refractivity contribution in [2.24, 2.45) is 0 Å². The van der Waals surface area contributed by atoms with E-state index in [-0.39, 0.29) is 5.91 Å². The van der Waals surface area contributed by atoms with Gasteiger partial charge >= 0.3 is 0 Å². The molecule has 2 rings (SSSR count). The highest BCUT2D eigenvalue weighted by Crippen LogP contribution is 2.12. The van der Waals surface area contributed by atoms with Gasteiger partial charge in [-0.2, -0.15) is 5.10 Å². The molecule has 0 aliphatic carbocycles. The monoisotopic (exact) mass is 310 g/mol. The fourth-order valence-electron chi connectivity index (χ4n) is 2.68. The van der Waals surface area contributed by atoms with Crippen molar-refractivity contribution in [1.29, 1.82) is 0 Å². The molecule has 2 N–H and O–H groups in total. The molecule has 0 unspecified atom stereocenters. The fraction of sp³-hybridized carbons (Fsp3) is 0.733. The Bertz CT molecular complexity index is 469. The molecule has 7 nitrogen and oxygen atoms in total. The third kappa shape index (κ3) is 4.28. The first-order chi connectivity index (χ1) is 10.7. The number of aryl methyl sites for hydroxylation is 1. The SMILES string of the molecule is CCOC[C@H](O)CN1CCN(C(=O)c2cn[nH]c2CC)CC1. The quantitative estimate of drug-likeness (QED) is 0.748. The van der Waals surface area contributed by atoms with Gasteiger partial charge in [-0.25, -0.2) is 0 Å². The van der Waals surface area contributed by atoms with Gasteiger partial charge in [-0.1, -0.05) is 6.92 Å². The minimum atomic E-state index is -0.470. The van der Waals surface area contributed by atoms with Crippen LogP contribution < -0.4 is 0 Å². The molecule has 0 saturated carbocycles. The third-order valence-corrected chi connectivity index (χ3v) is 3.95. The lowest BCUT2D eigenvalue weighted by Crippen LogP contribution is -2.50. The Morgan fingerprint density at radius 1 is 1.41 bits per heavy atom. The molecular formula is C15H26N4O3. The minimum Gasteiger partial charge on any atom is -0.389 e. The molecule has 1 saturated heterocycles. The summed E-state index contributed by atoms with van der Waals surface area (Å²) in [4.78, 5) is 16.5. The van der Waals surface area contributed by atoms with Crippen molar-refractivity contribution >= 4 is 5.91 Å². The summed E-state index contributed by atoms with van der Waals surface area (Å²) in [5, 5.41) is 16.7. The Morgan fingerprint density at radius 2 is 2.14 bits per heavy atom. The van der Waals surface area contributed by atoms with Crippen molar-refractivity contribution in [3.63, 3.8) is 0 Å². The summed E-state index contributed by atoms with van der Waals surface area (Å²) < 4.78 is 5.22. The first-order valence-corrected chi connectivity index (χ1v) is 7.95. The van der Waals surface area contributed by atoms with Crippen molar-refractivity contribution in [1.82, 2.24) is 20.0 Å². The van der Waals surface area contributed by atoms with Crippen LogP contribution in [0.15, 0.2) is 6.20 Å². The van der Waals surface area contributed by atoms with Crippen molar-refractivity contribution < 1.29 is 14.6 Å². The number of amides is 1. The zero-order valence-electron chi connectivity index (χ0n) is 13.4. The van der Waals surface area contributed by atoms with E-state index in [0.717, 1.165) is 25.2 Å². The van der Waals surface area contributed by atoms with E-state index in [4.69, 9.17) is 4.74 Å². The van der Waals surface area contributed by atoms with Gasteiger partial charge in [0.15, 0.2) is 0 Å². The zero-order valence-corrected chi connectivity index (χ0v) is 13.4. The van der Waals surface area contributed by atoms with Gasteiger partial charge < -0.3 is 14.7 Å². The summed E-state index contributed by atoms with van der Waals surface area (Å²) >= 11 is 0. The normalized spacial score (nSPS) is 17.7. The molecule has 1 amide bonds. The fourth-order valence-corrected chi connectivity index (χ4v) is 2.68. The number of aromatic amines is 1. The molecule has 0 aromatic carbocycles. The largest absolute Gasteiger partial charge is 0.389 e. The van der Waals surface area contributed by atoms with Crippen LogP contribution in [-0.2, 0) is 11.2 Å². The number of aromatic nitrogens is 2. The summed E-state index contributed by atoms with van der Waals surface area (Å²) in [5.41, 5.74) is 1.56. The molecule has 0 radical (unpaired) electrons. The number of H-pyrrole nitrogens is 1. The first-order valence-electron chi connectivity index (χ1n) is 7.95. The molecule has 7 heteroatoms. The highest BCUT2D eigenvalue weighted by atomic mass is 16.5. The van der Waals surface area contributed by atoms with E-state index in [9.17, 15) is 9.90 Å². The van der Waals surface area contributed by atoms with E-state index < -0.39 is 6.10 Å². The van der Waals surface area contributed by atoms with E-state index in [1.54, 1.807) is 6.20 Å². The van der Waals surface area contributed by atoms with Crippen LogP contribution in [0.3, 0.4) is 0 Å². The van der Waals surface area contributed by atoms with Crippen LogP contribution in [0.5, 0.6) is 0 Å². The molecule has 1 aromatic heterocycles. The van der Waals surface area contributed by atoms with Gasteiger partial charge in [0.2, 0.25) is 0 Å². The Kier molecular flexibility index (Phi) is 6.35. The first kappa shape index (κ1) is 16.9.